The third kappa shape index (κ3) is 5.65. The first-order valence-electron chi connectivity index (χ1n) is 6.18. The Balaban J connectivity index is 2.55. The second kappa shape index (κ2) is 7.81. The van der Waals surface area contributed by atoms with Crippen LogP contribution >= 0.6 is 0 Å². The van der Waals surface area contributed by atoms with Crippen molar-refractivity contribution in [3.05, 3.63) is 34.1 Å². The van der Waals surface area contributed by atoms with Crippen molar-refractivity contribution in [2.45, 2.75) is 19.8 Å². The van der Waals surface area contributed by atoms with Crippen molar-refractivity contribution in [2.24, 2.45) is 0 Å². The first-order valence-corrected chi connectivity index (χ1v) is 6.18. The van der Waals surface area contributed by atoms with Crippen LogP contribution in [0.25, 0.3) is 0 Å². The highest BCUT2D eigenvalue weighted by Crippen LogP contribution is 2.21. The van der Waals surface area contributed by atoms with Gasteiger partial charge >= 0.3 is 5.97 Å². The van der Waals surface area contributed by atoms with Crippen LogP contribution in [0.5, 0.6) is 0 Å². The lowest BCUT2D eigenvalue weighted by atomic mass is 10.2. The number of ketones is 1. The predicted octanol–water partition coefficient (Wildman–Crippen LogP) is 1.58. The molecule has 0 aliphatic carbocycles. The summed E-state index contributed by atoms with van der Waals surface area (Å²) in [5.74, 6) is -2.65. The van der Waals surface area contributed by atoms with Crippen LogP contribution in [0.4, 0.5) is 15.8 Å². The molecule has 1 aromatic carbocycles. The molecule has 1 amide bonds. The lowest BCUT2D eigenvalue weighted by Crippen LogP contribution is -2.21. The molecule has 0 aromatic heterocycles. The number of carbonyl (C=O) groups excluding carboxylic acids is 3. The van der Waals surface area contributed by atoms with E-state index in [2.05, 4.69) is 10.1 Å². The van der Waals surface area contributed by atoms with Gasteiger partial charge in [-0.25, -0.2) is 4.39 Å². The molecule has 1 rings (SSSR count). The molecule has 9 heteroatoms. The predicted molar refractivity (Wildman–Crippen MR) is 72.6 cm³/mol. The molecule has 8 nitrogen and oxygen atoms in total. The standard InChI is InChI=1S/C13H13FN2O6/c1-8(17)2-5-13(19)22-7-12(18)15-11-6-9(16(20)21)3-4-10(11)14/h3-4,6H,2,5,7H2,1H3,(H,15,18). The number of nitrogens with one attached hydrogen (secondary N) is 1. The molecule has 1 aromatic rings. The molecule has 0 aliphatic rings. The van der Waals surface area contributed by atoms with Crippen LogP contribution in [-0.4, -0.2) is 29.2 Å². The number of esters is 1. The summed E-state index contributed by atoms with van der Waals surface area (Å²) >= 11 is 0. The molecule has 0 unspecified atom stereocenters. The largest absolute Gasteiger partial charge is 0.456 e. The van der Waals surface area contributed by atoms with E-state index in [1.165, 1.54) is 6.92 Å². The summed E-state index contributed by atoms with van der Waals surface area (Å²) in [5.41, 5.74) is -0.783. The molecule has 0 saturated carbocycles. The second-order valence-corrected chi connectivity index (χ2v) is 4.33. The van der Waals surface area contributed by atoms with Crippen molar-refractivity contribution in [1.29, 1.82) is 0 Å². The number of halogens is 1. The van der Waals surface area contributed by atoms with Crippen molar-refractivity contribution in [3.63, 3.8) is 0 Å². The SMILES string of the molecule is CC(=O)CCC(=O)OCC(=O)Nc1cc([N+](=O)[O-])ccc1F. The van der Waals surface area contributed by atoms with Crippen molar-refractivity contribution >= 4 is 29.0 Å². The van der Waals surface area contributed by atoms with E-state index >= 15 is 0 Å². The Morgan fingerprint density at radius 1 is 1.32 bits per heavy atom. The number of amides is 1. The van der Waals surface area contributed by atoms with Gasteiger partial charge in [0.1, 0.15) is 11.6 Å². The molecule has 1 N–H and O–H groups in total. The van der Waals surface area contributed by atoms with Gasteiger partial charge in [-0.1, -0.05) is 0 Å². The first-order chi connectivity index (χ1) is 10.3. The van der Waals surface area contributed by atoms with Gasteiger partial charge in [-0.15, -0.1) is 0 Å². The van der Waals surface area contributed by atoms with Gasteiger partial charge in [0.15, 0.2) is 6.61 Å². The zero-order valence-corrected chi connectivity index (χ0v) is 11.6. The number of benzene rings is 1. The minimum atomic E-state index is -0.859. The minimum Gasteiger partial charge on any atom is -0.456 e. The summed E-state index contributed by atoms with van der Waals surface area (Å²) in [4.78, 5) is 43.2. The van der Waals surface area contributed by atoms with Gasteiger partial charge in [-0.3, -0.25) is 19.7 Å². The van der Waals surface area contributed by atoms with Gasteiger partial charge in [0.25, 0.3) is 11.6 Å². The fourth-order valence-corrected chi connectivity index (χ4v) is 1.41. The van der Waals surface area contributed by atoms with Crippen LogP contribution in [0.1, 0.15) is 19.8 Å². The minimum absolute atomic E-state index is 0.0000392. The Morgan fingerprint density at radius 3 is 2.59 bits per heavy atom. The van der Waals surface area contributed by atoms with Crippen molar-refractivity contribution < 1.29 is 28.4 Å². The van der Waals surface area contributed by atoms with Crippen molar-refractivity contribution in [1.82, 2.24) is 0 Å². The fraction of sp³-hybridized carbons (Fsp3) is 0.308. The summed E-state index contributed by atoms with van der Waals surface area (Å²) < 4.78 is 18.0. The van der Waals surface area contributed by atoms with E-state index in [1.54, 1.807) is 0 Å². The Bertz CT molecular complexity index is 617. The van der Waals surface area contributed by atoms with Gasteiger partial charge in [-0.05, 0) is 13.0 Å². The molecule has 0 radical (unpaired) electrons. The second-order valence-electron chi connectivity index (χ2n) is 4.33. The number of carbonyl (C=O) groups is 3. The molecule has 0 aliphatic heterocycles. The summed E-state index contributed by atoms with van der Waals surface area (Å²) in [6, 6.07) is 2.64. The van der Waals surface area contributed by atoms with E-state index in [9.17, 15) is 28.9 Å². The van der Waals surface area contributed by atoms with Gasteiger partial charge in [0.05, 0.1) is 17.0 Å². The van der Waals surface area contributed by atoms with Crippen LogP contribution in [-0.2, 0) is 19.1 Å². The molecular weight excluding hydrogens is 299 g/mol. The van der Waals surface area contributed by atoms with E-state index in [0.717, 1.165) is 18.2 Å². The molecule has 0 fully saturated rings. The number of nitro benzene ring substituents is 1. The molecule has 0 heterocycles. The van der Waals surface area contributed by atoms with Gasteiger partial charge < -0.3 is 14.8 Å². The van der Waals surface area contributed by atoms with E-state index < -0.39 is 34.9 Å². The number of Topliss-reactive ketones (excluding diaryl/α,β-unsaturated/α-hetero) is 1. The van der Waals surface area contributed by atoms with E-state index in [0.29, 0.717) is 0 Å². The third-order valence-corrected chi connectivity index (χ3v) is 2.48. The number of nitro groups is 1. The molecule has 0 saturated heterocycles. The first kappa shape index (κ1) is 17.2. The normalized spacial score (nSPS) is 9.91. The molecule has 118 valence electrons. The Morgan fingerprint density at radius 2 is 2.00 bits per heavy atom. The van der Waals surface area contributed by atoms with E-state index in [1.807, 2.05) is 0 Å². The smallest absolute Gasteiger partial charge is 0.306 e. The number of rotatable bonds is 7. The lowest BCUT2D eigenvalue weighted by molar-refractivity contribution is -0.384. The van der Waals surface area contributed by atoms with Gasteiger partial charge in [0.2, 0.25) is 0 Å². The molecule has 0 bridgehead atoms. The van der Waals surface area contributed by atoms with Crippen LogP contribution in [0.3, 0.4) is 0 Å². The molecular formula is C13H13FN2O6. The summed E-state index contributed by atoms with van der Waals surface area (Å²) in [6.45, 7) is 0.629. The molecule has 0 spiro atoms. The van der Waals surface area contributed by atoms with Crippen LogP contribution in [0.2, 0.25) is 0 Å². The Labute approximate surface area is 124 Å². The maximum absolute atomic E-state index is 13.4. The fourth-order valence-electron chi connectivity index (χ4n) is 1.41. The zero-order valence-electron chi connectivity index (χ0n) is 11.6. The summed E-state index contributed by atoms with van der Waals surface area (Å²) in [7, 11) is 0. The molecule has 0 atom stereocenters. The quantitative estimate of drug-likeness (QED) is 0.464. The highest BCUT2D eigenvalue weighted by molar-refractivity contribution is 5.93. The number of ether oxygens (including phenoxy) is 1. The van der Waals surface area contributed by atoms with Gasteiger partial charge in [-0.2, -0.15) is 0 Å². The highest BCUT2D eigenvalue weighted by atomic mass is 19.1. The zero-order chi connectivity index (χ0) is 16.7. The summed E-state index contributed by atoms with van der Waals surface area (Å²) in [5, 5.41) is 12.6. The number of hydrogen-bond donors (Lipinski definition) is 1. The average Bonchev–Trinajstić information content (AvgIpc) is 2.45. The van der Waals surface area contributed by atoms with Crippen molar-refractivity contribution in [2.75, 3.05) is 11.9 Å². The lowest BCUT2D eigenvalue weighted by Gasteiger charge is -2.07. The Hall–Kier alpha value is -2.84. The average molecular weight is 312 g/mol. The summed E-state index contributed by atoms with van der Waals surface area (Å²) in [6.07, 6.45) is -0.159. The van der Waals surface area contributed by atoms with Crippen LogP contribution in [0.15, 0.2) is 18.2 Å². The third-order valence-electron chi connectivity index (χ3n) is 2.48. The number of anilines is 1. The Kier molecular flexibility index (Phi) is 6.11. The maximum Gasteiger partial charge on any atom is 0.306 e. The highest BCUT2D eigenvalue weighted by Gasteiger charge is 2.14. The van der Waals surface area contributed by atoms with E-state index in [4.69, 9.17) is 0 Å². The van der Waals surface area contributed by atoms with Crippen molar-refractivity contribution in [3.8, 4) is 0 Å². The van der Waals surface area contributed by atoms with Gasteiger partial charge in [0, 0.05) is 18.6 Å². The van der Waals surface area contributed by atoms with Crippen LogP contribution in [0, 0.1) is 15.9 Å². The van der Waals surface area contributed by atoms with E-state index in [-0.39, 0.29) is 24.3 Å². The molecule has 22 heavy (non-hydrogen) atoms. The number of nitrogens with zero attached hydrogens (tertiary/aromatic N) is 1. The monoisotopic (exact) mass is 312 g/mol. The van der Waals surface area contributed by atoms with Crippen LogP contribution < -0.4 is 5.32 Å². The maximum atomic E-state index is 13.4. The number of hydrogen-bond acceptors (Lipinski definition) is 6. The topological polar surface area (TPSA) is 116 Å². The number of non-ortho nitro benzene ring substituents is 1.